The Hall–Kier alpha value is -1.89. The van der Waals surface area contributed by atoms with Crippen LogP contribution in [0.15, 0.2) is 24.3 Å². The van der Waals surface area contributed by atoms with E-state index < -0.39 is 12.0 Å². The van der Waals surface area contributed by atoms with Gasteiger partial charge in [0.15, 0.2) is 5.82 Å². The zero-order valence-corrected chi connectivity index (χ0v) is 11.4. The molecule has 0 saturated heterocycles. The molecule has 0 fully saturated rings. The molecule has 1 aromatic heterocycles. The first-order valence-corrected chi connectivity index (χ1v) is 6.05. The second-order valence-corrected chi connectivity index (χ2v) is 4.77. The van der Waals surface area contributed by atoms with Crippen LogP contribution in [-0.2, 0) is 6.18 Å². The van der Waals surface area contributed by atoms with E-state index in [9.17, 15) is 13.2 Å². The van der Waals surface area contributed by atoms with Gasteiger partial charge in [-0.25, -0.2) is 4.98 Å². The van der Waals surface area contributed by atoms with Crippen molar-refractivity contribution in [2.75, 3.05) is 14.1 Å². The molecule has 2 rings (SSSR count). The Balaban J connectivity index is 2.34. The van der Waals surface area contributed by atoms with Crippen molar-refractivity contribution >= 4 is 0 Å². The first kappa shape index (κ1) is 14.5. The lowest BCUT2D eigenvalue weighted by Gasteiger charge is -2.20. The van der Waals surface area contributed by atoms with E-state index in [0.717, 1.165) is 5.56 Å². The van der Waals surface area contributed by atoms with Gasteiger partial charge in [-0.15, -0.1) is 0 Å². The molecule has 0 saturated carbocycles. The highest BCUT2D eigenvalue weighted by molar-refractivity contribution is 5.56. The highest BCUT2D eigenvalue weighted by Crippen LogP contribution is 2.28. The van der Waals surface area contributed by atoms with Crippen molar-refractivity contribution in [2.45, 2.75) is 19.1 Å². The number of alkyl halides is 3. The van der Waals surface area contributed by atoms with Crippen molar-refractivity contribution in [3.05, 3.63) is 35.7 Å². The fraction of sp³-hybridized carbons (Fsp3) is 0.385. The minimum Gasteiger partial charge on any atom is -0.303 e. The number of rotatable bonds is 3. The lowest BCUT2D eigenvalue weighted by atomic mass is 10.0. The number of nitrogens with one attached hydrogen (secondary N) is 1. The van der Waals surface area contributed by atoms with E-state index in [-0.39, 0.29) is 11.9 Å². The zero-order valence-electron chi connectivity index (χ0n) is 11.4. The number of benzene rings is 1. The molecule has 0 spiro atoms. The van der Waals surface area contributed by atoms with Crippen molar-refractivity contribution < 1.29 is 13.2 Å². The number of hydrogen-bond donors (Lipinski definition) is 1. The smallest absolute Gasteiger partial charge is 0.303 e. The maximum Gasteiger partial charge on any atom is 0.451 e. The summed E-state index contributed by atoms with van der Waals surface area (Å²) in [5, 5.41) is 5.55. The van der Waals surface area contributed by atoms with Gasteiger partial charge in [0.1, 0.15) is 0 Å². The number of aromatic nitrogens is 3. The van der Waals surface area contributed by atoms with Gasteiger partial charge in [-0.3, -0.25) is 5.10 Å². The van der Waals surface area contributed by atoms with Gasteiger partial charge in [0, 0.05) is 11.6 Å². The van der Waals surface area contributed by atoms with Gasteiger partial charge in [-0.2, -0.15) is 18.3 Å². The van der Waals surface area contributed by atoms with Crippen LogP contribution in [0.2, 0.25) is 0 Å². The molecule has 1 aromatic carbocycles. The number of aromatic amines is 1. The number of hydrogen-bond acceptors (Lipinski definition) is 3. The summed E-state index contributed by atoms with van der Waals surface area (Å²) < 4.78 is 37.5. The summed E-state index contributed by atoms with van der Waals surface area (Å²) in [5.74, 6) is -1.04. The molecule has 0 aliphatic rings. The standard InChI is InChI=1S/C13H15F3N4/c1-8(20(2)3)9-5-4-6-10(7-9)11-17-12(19-18-11)13(14,15)16/h4-8H,1-3H3,(H,17,18,19)/t8-/m0/s1. The average molecular weight is 284 g/mol. The minimum atomic E-state index is -4.51. The highest BCUT2D eigenvalue weighted by Gasteiger charge is 2.35. The maximum atomic E-state index is 12.5. The number of H-pyrrole nitrogens is 1. The van der Waals surface area contributed by atoms with Crippen LogP contribution in [0.5, 0.6) is 0 Å². The third-order valence-electron chi connectivity index (χ3n) is 3.16. The molecule has 1 atom stereocenters. The van der Waals surface area contributed by atoms with Gasteiger partial charge in [-0.05, 0) is 32.6 Å². The first-order valence-electron chi connectivity index (χ1n) is 6.05. The predicted molar refractivity (Wildman–Crippen MR) is 68.9 cm³/mol. The molecule has 0 aliphatic carbocycles. The van der Waals surface area contributed by atoms with E-state index >= 15 is 0 Å². The Labute approximate surface area is 114 Å². The largest absolute Gasteiger partial charge is 0.451 e. The molecule has 0 unspecified atom stereocenters. The average Bonchev–Trinajstić information content (AvgIpc) is 2.87. The predicted octanol–water partition coefficient (Wildman–Crippen LogP) is 3.11. The summed E-state index contributed by atoms with van der Waals surface area (Å²) >= 11 is 0. The number of nitrogens with zero attached hydrogens (tertiary/aromatic N) is 3. The van der Waals surface area contributed by atoms with Crippen molar-refractivity contribution in [1.29, 1.82) is 0 Å². The summed E-state index contributed by atoms with van der Waals surface area (Å²) in [6, 6.07) is 7.35. The van der Waals surface area contributed by atoms with Crippen molar-refractivity contribution in [3.63, 3.8) is 0 Å². The van der Waals surface area contributed by atoms with Gasteiger partial charge in [0.25, 0.3) is 0 Å². The van der Waals surface area contributed by atoms with Crippen molar-refractivity contribution in [2.24, 2.45) is 0 Å². The summed E-state index contributed by atoms with van der Waals surface area (Å²) in [7, 11) is 3.87. The molecule has 20 heavy (non-hydrogen) atoms. The van der Waals surface area contributed by atoms with E-state index in [1.54, 1.807) is 18.2 Å². The zero-order chi connectivity index (χ0) is 14.9. The lowest BCUT2D eigenvalue weighted by molar-refractivity contribution is -0.144. The molecular weight excluding hydrogens is 269 g/mol. The Morgan fingerprint density at radius 1 is 1.25 bits per heavy atom. The molecule has 0 bridgehead atoms. The first-order chi connectivity index (χ1) is 9.29. The van der Waals surface area contributed by atoms with Gasteiger partial charge >= 0.3 is 6.18 Å². The highest BCUT2D eigenvalue weighted by atomic mass is 19.4. The van der Waals surface area contributed by atoms with Gasteiger partial charge in [0.05, 0.1) is 0 Å². The Morgan fingerprint density at radius 2 is 1.95 bits per heavy atom. The second-order valence-electron chi connectivity index (χ2n) is 4.77. The molecule has 7 heteroatoms. The van der Waals surface area contributed by atoms with Crippen molar-refractivity contribution in [1.82, 2.24) is 20.1 Å². The molecule has 4 nitrogen and oxygen atoms in total. The summed E-state index contributed by atoms with van der Waals surface area (Å²) in [6.45, 7) is 2.01. The molecule has 0 aliphatic heterocycles. The third-order valence-corrected chi connectivity index (χ3v) is 3.16. The molecule has 1 N–H and O–H groups in total. The van der Waals surface area contributed by atoms with E-state index in [2.05, 4.69) is 10.1 Å². The summed E-state index contributed by atoms with van der Waals surface area (Å²) in [4.78, 5) is 5.50. The van der Waals surface area contributed by atoms with Crippen LogP contribution in [-0.4, -0.2) is 34.2 Å². The van der Waals surface area contributed by atoms with Crippen LogP contribution in [0.1, 0.15) is 24.4 Å². The third kappa shape index (κ3) is 2.98. The fourth-order valence-corrected chi connectivity index (χ4v) is 1.75. The van der Waals surface area contributed by atoms with Crippen molar-refractivity contribution in [3.8, 4) is 11.4 Å². The molecule has 2 aromatic rings. The topological polar surface area (TPSA) is 44.8 Å². The molecule has 0 amide bonds. The summed E-state index contributed by atoms with van der Waals surface area (Å²) in [6.07, 6.45) is -4.51. The monoisotopic (exact) mass is 284 g/mol. The SMILES string of the molecule is C[C@@H](c1cccc(-c2n[nH]c(C(F)(F)F)n2)c1)N(C)C. The van der Waals surface area contributed by atoms with E-state index in [4.69, 9.17) is 0 Å². The van der Waals surface area contributed by atoms with E-state index in [1.165, 1.54) is 0 Å². The second kappa shape index (κ2) is 5.24. The molecular formula is C13H15F3N4. The minimum absolute atomic E-state index is 0.0464. The maximum absolute atomic E-state index is 12.5. The van der Waals surface area contributed by atoms with Gasteiger partial charge in [-0.1, -0.05) is 18.2 Å². The molecule has 1 heterocycles. The van der Waals surface area contributed by atoms with E-state index in [0.29, 0.717) is 5.56 Å². The normalized spacial score (nSPS) is 13.8. The number of halogens is 3. The van der Waals surface area contributed by atoms with Crippen LogP contribution >= 0.6 is 0 Å². The molecule has 108 valence electrons. The molecule has 0 radical (unpaired) electrons. The Bertz CT molecular complexity index is 589. The fourth-order valence-electron chi connectivity index (χ4n) is 1.75. The van der Waals surface area contributed by atoms with Gasteiger partial charge in [0.2, 0.25) is 5.82 Å². The van der Waals surface area contributed by atoms with Crippen LogP contribution in [0.3, 0.4) is 0 Å². The van der Waals surface area contributed by atoms with E-state index in [1.807, 2.05) is 37.1 Å². The van der Waals surface area contributed by atoms with Crippen LogP contribution in [0, 0.1) is 0 Å². The Kier molecular flexibility index (Phi) is 3.80. The Morgan fingerprint density at radius 3 is 2.50 bits per heavy atom. The van der Waals surface area contributed by atoms with Crippen LogP contribution in [0.25, 0.3) is 11.4 Å². The van der Waals surface area contributed by atoms with Crippen LogP contribution < -0.4 is 0 Å². The van der Waals surface area contributed by atoms with Gasteiger partial charge < -0.3 is 4.90 Å². The van der Waals surface area contributed by atoms with Crippen LogP contribution in [0.4, 0.5) is 13.2 Å². The summed E-state index contributed by atoms with van der Waals surface area (Å²) in [5.41, 5.74) is 1.55. The quantitative estimate of drug-likeness (QED) is 0.942. The lowest BCUT2D eigenvalue weighted by Crippen LogP contribution is -2.16.